The van der Waals surface area contributed by atoms with Crippen LogP contribution in [-0.2, 0) is 4.79 Å². The van der Waals surface area contributed by atoms with Gasteiger partial charge in [-0.3, -0.25) is 9.59 Å². The molecule has 2 aromatic carbocycles. The topological polar surface area (TPSA) is 79.9 Å². The van der Waals surface area contributed by atoms with Crippen LogP contribution in [0.3, 0.4) is 0 Å². The Balaban J connectivity index is 1.53. The van der Waals surface area contributed by atoms with Crippen LogP contribution in [0, 0.1) is 5.82 Å². The number of anilines is 2. The number of hydrogen-bond donors (Lipinski definition) is 3. The number of benzene rings is 2. The molecule has 2 aromatic rings. The Hall–Kier alpha value is -2.93. The minimum atomic E-state index is -0.496. The van der Waals surface area contributed by atoms with Crippen LogP contribution < -0.4 is 20.9 Å². The zero-order chi connectivity index (χ0) is 19.4. The predicted octanol–water partition coefficient (Wildman–Crippen LogP) is 0.657. The van der Waals surface area contributed by atoms with Crippen molar-refractivity contribution in [3.63, 3.8) is 0 Å². The third-order valence-corrected chi connectivity index (χ3v) is 5.04. The Morgan fingerprint density at radius 1 is 1.07 bits per heavy atom. The molecule has 0 radical (unpaired) electrons. The van der Waals surface area contributed by atoms with Crippen LogP contribution >= 0.6 is 0 Å². The van der Waals surface area contributed by atoms with Crippen LogP contribution in [0.5, 0.6) is 0 Å². The first-order valence-electron chi connectivity index (χ1n) is 9.00. The number of nitrogens with one attached hydrogen (secondary N) is 2. The Morgan fingerprint density at radius 2 is 1.67 bits per heavy atom. The summed E-state index contributed by atoms with van der Waals surface area (Å²) in [6, 6.07) is 12.8. The molecule has 3 rings (SSSR count). The van der Waals surface area contributed by atoms with Crippen molar-refractivity contribution in [1.82, 2.24) is 0 Å². The van der Waals surface area contributed by atoms with Crippen molar-refractivity contribution in [3.8, 4) is 0 Å². The second-order valence-electron chi connectivity index (χ2n) is 6.77. The number of halogens is 1. The van der Waals surface area contributed by atoms with Gasteiger partial charge in [-0.15, -0.1) is 0 Å². The molecule has 1 aliphatic heterocycles. The standard InChI is InChI=1S/C20H23FN4O2/c1-14(20(27)23-17-6-2-15(3-7-17)19(22)26)24-10-12-25(13-11-24)18-8-4-16(21)5-9-18/h2-9,14H,10-13H2,1H3,(H2,22,26)(H,23,27)/p+1/t14-/m0/s1. The zero-order valence-electron chi connectivity index (χ0n) is 15.2. The van der Waals surface area contributed by atoms with Crippen LogP contribution in [0.15, 0.2) is 48.5 Å². The number of carbonyl (C=O) groups excluding carboxylic acids is 2. The van der Waals surface area contributed by atoms with Crippen molar-refractivity contribution in [2.75, 3.05) is 36.4 Å². The molecule has 0 aromatic heterocycles. The molecule has 27 heavy (non-hydrogen) atoms. The lowest BCUT2D eigenvalue weighted by Gasteiger charge is -2.36. The van der Waals surface area contributed by atoms with E-state index in [1.807, 2.05) is 6.92 Å². The lowest BCUT2D eigenvalue weighted by atomic mass is 10.1. The minimum absolute atomic E-state index is 0.0629. The quantitative estimate of drug-likeness (QED) is 0.722. The molecule has 7 heteroatoms. The van der Waals surface area contributed by atoms with Gasteiger partial charge in [0, 0.05) is 16.9 Å². The minimum Gasteiger partial charge on any atom is -0.366 e. The molecule has 0 spiro atoms. The number of piperazine rings is 1. The van der Waals surface area contributed by atoms with Crippen molar-refractivity contribution in [1.29, 1.82) is 0 Å². The number of hydrogen-bond acceptors (Lipinski definition) is 3. The van der Waals surface area contributed by atoms with Gasteiger partial charge in [-0.05, 0) is 55.5 Å². The van der Waals surface area contributed by atoms with Gasteiger partial charge < -0.3 is 20.9 Å². The van der Waals surface area contributed by atoms with Gasteiger partial charge in [-0.1, -0.05) is 0 Å². The molecule has 1 fully saturated rings. The fourth-order valence-electron chi connectivity index (χ4n) is 3.29. The first kappa shape index (κ1) is 18.8. The van der Waals surface area contributed by atoms with Crippen LogP contribution in [0.1, 0.15) is 17.3 Å². The summed E-state index contributed by atoms with van der Waals surface area (Å²) >= 11 is 0. The first-order chi connectivity index (χ1) is 12.9. The Labute approximate surface area is 157 Å². The largest absolute Gasteiger partial charge is 0.366 e. The highest BCUT2D eigenvalue weighted by Gasteiger charge is 2.29. The third-order valence-electron chi connectivity index (χ3n) is 5.04. The SMILES string of the molecule is C[C@@H](C(=O)Nc1ccc(C(N)=O)cc1)[NH+]1CCN(c2ccc(F)cc2)CC1. The van der Waals surface area contributed by atoms with E-state index < -0.39 is 5.91 Å². The molecule has 6 nitrogen and oxygen atoms in total. The highest BCUT2D eigenvalue weighted by molar-refractivity contribution is 5.95. The smallest absolute Gasteiger partial charge is 0.282 e. The summed E-state index contributed by atoms with van der Waals surface area (Å²) in [5.41, 5.74) is 7.27. The number of amides is 2. The van der Waals surface area contributed by atoms with Gasteiger partial charge in [0.1, 0.15) is 5.82 Å². The molecule has 0 aliphatic carbocycles. The van der Waals surface area contributed by atoms with E-state index in [1.165, 1.54) is 17.0 Å². The Bertz CT molecular complexity index is 800. The van der Waals surface area contributed by atoms with Crippen LogP contribution in [0.2, 0.25) is 0 Å². The fraction of sp³-hybridized carbons (Fsp3) is 0.300. The zero-order valence-corrected chi connectivity index (χ0v) is 15.2. The Morgan fingerprint density at radius 3 is 2.22 bits per heavy atom. The van der Waals surface area contributed by atoms with E-state index in [0.29, 0.717) is 11.3 Å². The number of nitrogens with zero attached hydrogens (tertiary/aromatic N) is 1. The number of carbonyl (C=O) groups is 2. The van der Waals surface area contributed by atoms with Gasteiger partial charge in [-0.25, -0.2) is 4.39 Å². The fourth-order valence-corrected chi connectivity index (χ4v) is 3.29. The van der Waals surface area contributed by atoms with E-state index in [0.717, 1.165) is 31.9 Å². The number of nitrogens with two attached hydrogens (primary N) is 1. The summed E-state index contributed by atoms with van der Waals surface area (Å²) in [4.78, 5) is 27.1. The normalized spacial score (nSPS) is 16.0. The lowest BCUT2D eigenvalue weighted by Crippen LogP contribution is -3.19. The summed E-state index contributed by atoms with van der Waals surface area (Å²) < 4.78 is 13.1. The molecule has 2 amide bonds. The van der Waals surface area contributed by atoms with Crippen molar-refractivity contribution in [2.24, 2.45) is 5.73 Å². The highest BCUT2D eigenvalue weighted by atomic mass is 19.1. The van der Waals surface area contributed by atoms with E-state index in [-0.39, 0.29) is 17.8 Å². The molecule has 4 N–H and O–H groups in total. The van der Waals surface area contributed by atoms with Gasteiger partial charge in [0.05, 0.1) is 26.2 Å². The lowest BCUT2D eigenvalue weighted by molar-refractivity contribution is -0.914. The summed E-state index contributed by atoms with van der Waals surface area (Å²) in [6.45, 7) is 5.19. The van der Waals surface area contributed by atoms with Crippen molar-refractivity contribution in [2.45, 2.75) is 13.0 Å². The predicted molar refractivity (Wildman–Crippen MR) is 102 cm³/mol. The first-order valence-corrected chi connectivity index (χ1v) is 9.00. The van der Waals surface area contributed by atoms with Gasteiger partial charge in [0.2, 0.25) is 5.91 Å². The monoisotopic (exact) mass is 371 g/mol. The Kier molecular flexibility index (Phi) is 5.71. The maximum absolute atomic E-state index is 13.1. The molecule has 1 saturated heterocycles. The second kappa shape index (κ2) is 8.18. The number of primary amides is 1. The van der Waals surface area contributed by atoms with Crippen molar-refractivity contribution in [3.05, 3.63) is 59.9 Å². The van der Waals surface area contributed by atoms with E-state index in [4.69, 9.17) is 5.73 Å². The third kappa shape index (κ3) is 4.62. The van der Waals surface area contributed by atoms with Gasteiger partial charge in [0.25, 0.3) is 5.91 Å². The maximum Gasteiger partial charge on any atom is 0.282 e. The second-order valence-corrected chi connectivity index (χ2v) is 6.77. The number of rotatable bonds is 5. The van der Waals surface area contributed by atoms with Gasteiger partial charge in [-0.2, -0.15) is 0 Å². The highest BCUT2D eigenvalue weighted by Crippen LogP contribution is 2.14. The van der Waals surface area contributed by atoms with E-state index in [9.17, 15) is 14.0 Å². The molecule has 0 saturated carbocycles. The average Bonchev–Trinajstić information content (AvgIpc) is 2.68. The van der Waals surface area contributed by atoms with Crippen LogP contribution in [0.25, 0.3) is 0 Å². The van der Waals surface area contributed by atoms with Crippen LogP contribution in [-0.4, -0.2) is 44.0 Å². The molecule has 0 unspecified atom stereocenters. The van der Waals surface area contributed by atoms with Gasteiger partial charge in [0.15, 0.2) is 6.04 Å². The maximum atomic E-state index is 13.1. The van der Waals surface area contributed by atoms with Crippen molar-refractivity contribution < 1.29 is 18.9 Å². The van der Waals surface area contributed by atoms with E-state index >= 15 is 0 Å². The summed E-state index contributed by atoms with van der Waals surface area (Å²) in [5.74, 6) is -0.797. The molecular formula is C20H24FN4O2+. The molecule has 0 bridgehead atoms. The van der Waals surface area contributed by atoms with Gasteiger partial charge >= 0.3 is 0 Å². The van der Waals surface area contributed by atoms with E-state index in [1.54, 1.807) is 36.4 Å². The summed E-state index contributed by atoms with van der Waals surface area (Å²) in [7, 11) is 0. The molecular weight excluding hydrogens is 347 g/mol. The number of quaternary nitrogens is 1. The van der Waals surface area contributed by atoms with E-state index in [2.05, 4.69) is 10.2 Å². The van der Waals surface area contributed by atoms with Crippen LogP contribution in [0.4, 0.5) is 15.8 Å². The summed E-state index contributed by atoms with van der Waals surface area (Å²) in [5, 5.41) is 2.89. The van der Waals surface area contributed by atoms with Crippen molar-refractivity contribution >= 4 is 23.2 Å². The molecule has 1 heterocycles. The summed E-state index contributed by atoms with van der Waals surface area (Å²) in [6.07, 6.45) is 0. The average molecular weight is 371 g/mol. The molecule has 1 atom stereocenters. The molecule has 1 aliphatic rings. The molecule has 142 valence electrons.